The molecule has 0 saturated heterocycles. The van der Waals surface area contributed by atoms with Crippen LogP contribution in [0.2, 0.25) is 0 Å². The molecular formula is C22H38O4. The minimum atomic E-state index is -0.852. The normalized spacial score (nSPS) is 11.4. The predicted octanol–water partition coefficient (Wildman–Crippen LogP) is 6.21. The molecule has 0 aromatic carbocycles. The van der Waals surface area contributed by atoms with Crippen molar-refractivity contribution >= 4 is 11.9 Å². The third kappa shape index (κ3) is 20.5. The first-order chi connectivity index (χ1) is 12.7. The topological polar surface area (TPSA) is 63.6 Å². The Morgan fingerprint density at radius 1 is 0.769 bits per heavy atom. The smallest absolute Gasteiger partial charge is 0.305 e. The second-order valence-electron chi connectivity index (χ2n) is 6.70. The lowest BCUT2D eigenvalue weighted by Gasteiger charge is -2.03. The minimum Gasteiger partial charge on any atom is -0.481 e. The molecule has 0 bridgehead atoms. The van der Waals surface area contributed by atoms with Gasteiger partial charge in [-0.15, -0.1) is 0 Å². The summed E-state index contributed by atoms with van der Waals surface area (Å²) < 4.78 is 4.99. The molecule has 0 unspecified atom stereocenters. The summed E-state index contributed by atoms with van der Waals surface area (Å²) in [6, 6.07) is 0. The summed E-state index contributed by atoms with van der Waals surface area (Å²) in [5, 5.41) is 8.48. The molecule has 4 heteroatoms. The van der Waals surface area contributed by atoms with Crippen LogP contribution in [0.4, 0.5) is 0 Å². The van der Waals surface area contributed by atoms with Gasteiger partial charge in [-0.05, 0) is 44.9 Å². The Morgan fingerprint density at radius 3 is 2.04 bits per heavy atom. The van der Waals surface area contributed by atoms with Crippen LogP contribution < -0.4 is 0 Å². The van der Waals surface area contributed by atoms with Crippen LogP contribution in [-0.2, 0) is 14.3 Å². The fourth-order valence-corrected chi connectivity index (χ4v) is 2.56. The van der Waals surface area contributed by atoms with Gasteiger partial charge in [0, 0.05) is 12.8 Å². The second-order valence-corrected chi connectivity index (χ2v) is 6.70. The molecule has 0 saturated carbocycles. The first kappa shape index (κ1) is 24.4. The highest BCUT2D eigenvalue weighted by molar-refractivity contribution is 5.69. The van der Waals surface area contributed by atoms with E-state index in [0.717, 1.165) is 32.1 Å². The van der Waals surface area contributed by atoms with Crippen LogP contribution in [-0.4, -0.2) is 23.7 Å². The van der Waals surface area contributed by atoms with Gasteiger partial charge in [0.05, 0.1) is 6.61 Å². The molecule has 0 fully saturated rings. The summed E-state index contributed by atoms with van der Waals surface area (Å²) in [5.74, 6) is -1.06. The van der Waals surface area contributed by atoms with E-state index in [4.69, 9.17) is 9.84 Å². The molecule has 0 amide bonds. The number of esters is 1. The van der Waals surface area contributed by atoms with Crippen molar-refractivity contribution in [1.29, 1.82) is 0 Å². The van der Waals surface area contributed by atoms with Gasteiger partial charge in [-0.3, -0.25) is 9.59 Å². The molecule has 150 valence electrons. The molecule has 0 rings (SSSR count). The highest BCUT2D eigenvalue weighted by Gasteiger charge is 2.03. The van der Waals surface area contributed by atoms with Gasteiger partial charge in [-0.1, -0.05) is 63.3 Å². The summed E-state index contributed by atoms with van der Waals surface area (Å²) in [4.78, 5) is 21.8. The molecule has 26 heavy (non-hydrogen) atoms. The summed E-state index contributed by atoms with van der Waals surface area (Å²) in [7, 11) is 0. The quantitative estimate of drug-likeness (QED) is 0.178. The van der Waals surface area contributed by atoms with Crippen molar-refractivity contribution in [2.45, 2.75) is 96.8 Å². The Labute approximate surface area is 159 Å². The number of hydrogen-bond donors (Lipinski definition) is 1. The molecule has 4 nitrogen and oxygen atoms in total. The predicted molar refractivity (Wildman–Crippen MR) is 107 cm³/mol. The lowest BCUT2D eigenvalue weighted by Crippen LogP contribution is -2.07. The number of unbranched alkanes of at least 4 members (excludes halogenated alkanes) is 8. The molecule has 0 atom stereocenters. The third-order valence-corrected chi connectivity index (χ3v) is 4.13. The summed E-state index contributed by atoms with van der Waals surface area (Å²) in [6.45, 7) is 2.44. The van der Waals surface area contributed by atoms with Crippen molar-refractivity contribution < 1.29 is 19.4 Å². The number of rotatable bonds is 18. The highest BCUT2D eigenvalue weighted by Crippen LogP contribution is 2.09. The van der Waals surface area contributed by atoms with Crippen molar-refractivity contribution in [3.05, 3.63) is 24.3 Å². The number of carboxylic acid groups (broad SMARTS) is 1. The van der Waals surface area contributed by atoms with Gasteiger partial charge in [-0.2, -0.15) is 0 Å². The molecule has 0 aliphatic carbocycles. The highest BCUT2D eigenvalue weighted by atomic mass is 16.5. The van der Waals surface area contributed by atoms with Gasteiger partial charge in [0.2, 0.25) is 0 Å². The average molecular weight is 367 g/mol. The van der Waals surface area contributed by atoms with Crippen LogP contribution in [0.1, 0.15) is 96.8 Å². The van der Waals surface area contributed by atoms with E-state index in [1.807, 2.05) is 0 Å². The zero-order valence-corrected chi connectivity index (χ0v) is 16.6. The SMILES string of the molecule is CCCCCC=CCC=CCCCCCCCC(=O)OCCCC(=O)O. The van der Waals surface area contributed by atoms with Gasteiger partial charge in [0.1, 0.15) is 0 Å². The van der Waals surface area contributed by atoms with Crippen molar-refractivity contribution in [3.63, 3.8) is 0 Å². The molecule has 0 aliphatic heterocycles. The van der Waals surface area contributed by atoms with Gasteiger partial charge < -0.3 is 9.84 Å². The maximum atomic E-state index is 11.4. The molecule has 0 aliphatic rings. The van der Waals surface area contributed by atoms with E-state index in [-0.39, 0.29) is 19.0 Å². The number of hydrogen-bond acceptors (Lipinski definition) is 3. The Hall–Kier alpha value is -1.58. The molecule has 0 spiro atoms. The van der Waals surface area contributed by atoms with E-state index in [1.165, 1.54) is 38.5 Å². The fourth-order valence-electron chi connectivity index (χ4n) is 2.56. The molecule has 0 aromatic heterocycles. The van der Waals surface area contributed by atoms with Gasteiger partial charge in [0.15, 0.2) is 0 Å². The maximum absolute atomic E-state index is 11.4. The van der Waals surface area contributed by atoms with E-state index in [0.29, 0.717) is 12.8 Å². The van der Waals surface area contributed by atoms with Crippen LogP contribution in [0.3, 0.4) is 0 Å². The third-order valence-electron chi connectivity index (χ3n) is 4.13. The lowest BCUT2D eigenvalue weighted by molar-refractivity contribution is -0.145. The Morgan fingerprint density at radius 2 is 1.38 bits per heavy atom. The van der Waals surface area contributed by atoms with Crippen LogP contribution >= 0.6 is 0 Å². The Bertz CT molecular complexity index is 399. The zero-order valence-electron chi connectivity index (χ0n) is 16.6. The largest absolute Gasteiger partial charge is 0.481 e. The molecule has 1 N–H and O–H groups in total. The lowest BCUT2D eigenvalue weighted by atomic mass is 10.1. The standard InChI is InChI=1S/C22H38O4/c1-2-3-4-5-6-7-8-9-10-11-12-13-14-15-16-19-22(25)26-20-17-18-21(23)24/h6-7,9-10H,2-5,8,11-20H2,1H3,(H,23,24). The van der Waals surface area contributed by atoms with Crippen molar-refractivity contribution in [1.82, 2.24) is 0 Å². The maximum Gasteiger partial charge on any atom is 0.305 e. The monoisotopic (exact) mass is 366 g/mol. The van der Waals surface area contributed by atoms with Gasteiger partial charge in [0.25, 0.3) is 0 Å². The van der Waals surface area contributed by atoms with E-state index in [2.05, 4.69) is 31.2 Å². The first-order valence-electron chi connectivity index (χ1n) is 10.3. The summed E-state index contributed by atoms with van der Waals surface area (Å²) >= 11 is 0. The fraction of sp³-hybridized carbons (Fsp3) is 0.727. The first-order valence-corrected chi connectivity index (χ1v) is 10.3. The van der Waals surface area contributed by atoms with Crippen LogP contribution in [0.15, 0.2) is 24.3 Å². The molecule has 0 heterocycles. The van der Waals surface area contributed by atoms with Crippen molar-refractivity contribution in [3.8, 4) is 0 Å². The van der Waals surface area contributed by atoms with E-state index in [9.17, 15) is 9.59 Å². The molecule has 0 aromatic rings. The zero-order chi connectivity index (χ0) is 19.3. The average Bonchev–Trinajstić information content (AvgIpc) is 2.62. The van der Waals surface area contributed by atoms with Crippen LogP contribution in [0.25, 0.3) is 0 Å². The van der Waals surface area contributed by atoms with E-state index in [1.54, 1.807) is 0 Å². The molecular weight excluding hydrogens is 328 g/mol. The minimum absolute atomic E-state index is 0.0526. The number of carbonyl (C=O) groups excluding carboxylic acids is 1. The van der Waals surface area contributed by atoms with Crippen molar-refractivity contribution in [2.75, 3.05) is 6.61 Å². The van der Waals surface area contributed by atoms with E-state index >= 15 is 0 Å². The number of carbonyl (C=O) groups is 2. The Balaban J connectivity index is 3.29. The van der Waals surface area contributed by atoms with Crippen molar-refractivity contribution in [2.24, 2.45) is 0 Å². The van der Waals surface area contributed by atoms with Crippen LogP contribution in [0, 0.1) is 0 Å². The van der Waals surface area contributed by atoms with Crippen LogP contribution in [0.5, 0.6) is 0 Å². The summed E-state index contributed by atoms with van der Waals surface area (Å²) in [5.41, 5.74) is 0. The van der Waals surface area contributed by atoms with Gasteiger partial charge in [-0.25, -0.2) is 0 Å². The summed E-state index contributed by atoms with van der Waals surface area (Å²) in [6.07, 6.45) is 22.7. The van der Waals surface area contributed by atoms with Gasteiger partial charge >= 0.3 is 11.9 Å². The number of ether oxygens (including phenoxy) is 1. The number of allylic oxidation sites excluding steroid dienone is 4. The molecule has 0 radical (unpaired) electrons. The Kier molecular flexibility index (Phi) is 18.5. The van der Waals surface area contributed by atoms with E-state index < -0.39 is 5.97 Å². The number of carboxylic acids is 1. The number of aliphatic carboxylic acids is 1. The second kappa shape index (κ2) is 19.7.